The second-order valence-corrected chi connectivity index (χ2v) is 7.52. The van der Waals surface area contributed by atoms with Gasteiger partial charge in [0, 0.05) is 6.42 Å². The first-order chi connectivity index (χ1) is 12.0. The molecule has 0 bridgehead atoms. The van der Waals surface area contributed by atoms with Crippen molar-refractivity contribution in [2.24, 2.45) is 0 Å². The lowest BCUT2D eigenvalue weighted by Crippen LogP contribution is -2.20. The number of rotatable bonds is 2. The Hall–Kier alpha value is -2.54. The molecular weight excluding hydrogens is 304 g/mol. The van der Waals surface area contributed by atoms with Crippen LogP contribution in [0.3, 0.4) is 0 Å². The third-order valence-corrected chi connectivity index (χ3v) is 5.31. The average Bonchev–Trinajstić information content (AvgIpc) is 2.98. The molecule has 0 spiro atoms. The maximum atomic E-state index is 6.22. The van der Waals surface area contributed by atoms with Gasteiger partial charge in [-0.05, 0) is 60.7 Å². The zero-order valence-corrected chi connectivity index (χ0v) is 15.4. The van der Waals surface area contributed by atoms with Gasteiger partial charge in [0.2, 0.25) is 0 Å². The van der Waals surface area contributed by atoms with E-state index in [9.17, 15) is 0 Å². The van der Waals surface area contributed by atoms with Crippen LogP contribution < -0.4 is 0 Å². The van der Waals surface area contributed by atoms with Gasteiger partial charge < -0.3 is 4.74 Å². The summed E-state index contributed by atoms with van der Waals surface area (Å²) >= 11 is 0. The SMILES string of the molecule is Cc1cc(C)cc(C2(C)CC(c3ccc(C)c4ccccc34)=CO2)c1. The van der Waals surface area contributed by atoms with Crippen molar-refractivity contribution in [3.63, 3.8) is 0 Å². The summed E-state index contributed by atoms with van der Waals surface area (Å²) in [6.45, 7) is 8.67. The Balaban J connectivity index is 1.74. The van der Waals surface area contributed by atoms with Crippen molar-refractivity contribution in [1.29, 1.82) is 0 Å². The lowest BCUT2D eigenvalue weighted by atomic mass is 9.85. The van der Waals surface area contributed by atoms with Gasteiger partial charge in [-0.25, -0.2) is 0 Å². The van der Waals surface area contributed by atoms with Gasteiger partial charge in [0.05, 0.1) is 6.26 Å². The Morgan fingerprint density at radius 3 is 2.24 bits per heavy atom. The van der Waals surface area contributed by atoms with Gasteiger partial charge in [-0.2, -0.15) is 0 Å². The molecule has 0 aliphatic carbocycles. The zero-order chi connectivity index (χ0) is 17.6. The molecule has 1 atom stereocenters. The maximum absolute atomic E-state index is 6.22. The molecule has 4 rings (SSSR count). The largest absolute Gasteiger partial charge is 0.490 e. The topological polar surface area (TPSA) is 9.23 Å². The minimum Gasteiger partial charge on any atom is -0.490 e. The van der Waals surface area contributed by atoms with Crippen molar-refractivity contribution in [1.82, 2.24) is 0 Å². The standard InChI is InChI=1S/C24H24O/c1-16-11-17(2)13-20(12-16)24(4)14-19(15-25-24)22-10-9-18(3)21-7-5-6-8-23(21)22/h5-13,15H,14H2,1-4H3. The second-order valence-electron chi connectivity index (χ2n) is 7.52. The summed E-state index contributed by atoms with van der Waals surface area (Å²) in [4.78, 5) is 0. The molecule has 0 fully saturated rings. The van der Waals surface area contributed by atoms with Gasteiger partial charge in [0.15, 0.2) is 0 Å². The summed E-state index contributed by atoms with van der Waals surface area (Å²) in [5.41, 5.74) is 7.41. The fraction of sp³-hybridized carbons (Fsp3) is 0.250. The van der Waals surface area contributed by atoms with E-state index in [1.165, 1.54) is 44.2 Å². The molecule has 0 saturated carbocycles. The molecule has 25 heavy (non-hydrogen) atoms. The molecule has 126 valence electrons. The van der Waals surface area contributed by atoms with Crippen LogP contribution in [0.15, 0.2) is 60.9 Å². The van der Waals surface area contributed by atoms with Crippen LogP contribution >= 0.6 is 0 Å². The summed E-state index contributed by atoms with van der Waals surface area (Å²) < 4.78 is 6.22. The molecule has 0 radical (unpaired) electrons. The van der Waals surface area contributed by atoms with Crippen LogP contribution in [0.2, 0.25) is 0 Å². The molecule has 0 N–H and O–H groups in total. The molecule has 3 aromatic rings. The van der Waals surface area contributed by atoms with E-state index in [2.05, 4.69) is 82.3 Å². The van der Waals surface area contributed by atoms with Gasteiger partial charge in [0.25, 0.3) is 0 Å². The van der Waals surface area contributed by atoms with Crippen LogP contribution in [0.1, 0.15) is 41.2 Å². The molecule has 1 aliphatic heterocycles. The number of hydrogen-bond donors (Lipinski definition) is 0. The van der Waals surface area contributed by atoms with Crippen molar-refractivity contribution >= 4 is 16.3 Å². The summed E-state index contributed by atoms with van der Waals surface area (Å²) in [7, 11) is 0. The van der Waals surface area contributed by atoms with E-state index >= 15 is 0 Å². The number of aryl methyl sites for hydroxylation is 3. The van der Waals surface area contributed by atoms with E-state index in [1.807, 2.05) is 6.26 Å². The zero-order valence-electron chi connectivity index (χ0n) is 15.4. The molecule has 1 nitrogen and oxygen atoms in total. The Morgan fingerprint density at radius 1 is 0.840 bits per heavy atom. The van der Waals surface area contributed by atoms with E-state index in [0.717, 1.165) is 6.42 Å². The molecule has 0 saturated heterocycles. The van der Waals surface area contributed by atoms with Crippen molar-refractivity contribution in [2.45, 2.75) is 39.7 Å². The highest BCUT2D eigenvalue weighted by molar-refractivity contribution is 5.96. The lowest BCUT2D eigenvalue weighted by Gasteiger charge is -2.25. The molecule has 3 aromatic carbocycles. The Kier molecular flexibility index (Phi) is 3.68. The van der Waals surface area contributed by atoms with Crippen molar-refractivity contribution in [2.75, 3.05) is 0 Å². The van der Waals surface area contributed by atoms with E-state index < -0.39 is 0 Å². The third kappa shape index (κ3) is 2.74. The fourth-order valence-electron chi connectivity index (χ4n) is 3.99. The Labute approximate surface area is 150 Å². The lowest BCUT2D eigenvalue weighted by molar-refractivity contribution is 0.0611. The molecule has 1 heterocycles. The highest BCUT2D eigenvalue weighted by Crippen LogP contribution is 2.43. The van der Waals surface area contributed by atoms with Gasteiger partial charge in [-0.3, -0.25) is 0 Å². The highest BCUT2D eigenvalue weighted by Gasteiger charge is 2.35. The average molecular weight is 328 g/mol. The van der Waals surface area contributed by atoms with Gasteiger partial charge in [0.1, 0.15) is 5.60 Å². The van der Waals surface area contributed by atoms with E-state index in [4.69, 9.17) is 4.74 Å². The van der Waals surface area contributed by atoms with Crippen molar-refractivity contribution in [3.8, 4) is 0 Å². The van der Waals surface area contributed by atoms with Crippen LogP contribution in [0.25, 0.3) is 16.3 Å². The molecule has 1 heteroatoms. The normalized spacial score (nSPS) is 19.8. The molecule has 0 aromatic heterocycles. The van der Waals surface area contributed by atoms with E-state index in [0.29, 0.717) is 0 Å². The van der Waals surface area contributed by atoms with Crippen molar-refractivity contribution < 1.29 is 4.74 Å². The monoisotopic (exact) mass is 328 g/mol. The quantitative estimate of drug-likeness (QED) is 0.526. The number of benzene rings is 3. The minimum atomic E-state index is -0.294. The van der Waals surface area contributed by atoms with Gasteiger partial charge in [-0.1, -0.05) is 65.7 Å². The first-order valence-corrected chi connectivity index (χ1v) is 8.91. The smallest absolute Gasteiger partial charge is 0.134 e. The summed E-state index contributed by atoms with van der Waals surface area (Å²) in [5, 5.41) is 2.63. The fourth-order valence-corrected chi connectivity index (χ4v) is 3.99. The first-order valence-electron chi connectivity index (χ1n) is 8.91. The minimum absolute atomic E-state index is 0.294. The second kappa shape index (κ2) is 5.77. The van der Waals surface area contributed by atoms with Crippen LogP contribution in [-0.2, 0) is 10.3 Å². The van der Waals surface area contributed by atoms with Crippen LogP contribution in [0, 0.1) is 20.8 Å². The molecule has 1 aliphatic rings. The summed E-state index contributed by atoms with van der Waals surface area (Å²) in [6.07, 6.45) is 2.86. The maximum Gasteiger partial charge on any atom is 0.134 e. The summed E-state index contributed by atoms with van der Waals surface area (Å²) in [6, 6.07) is 19.8. The number of ether oxygens (including phenoxy) is 1. The third-order valence-electron chi connectivity index (χ3n) is 5.31. The Bertz CT molecular complexity index is 976. The van der Waals surface area contributed by atoms with Crippen LogP contribution in [0.5, 0.6) is 0 Å². The summed E-state index contributed by atoms with van der Waals surface area (Å²) in [5.74, 6) is 0. The van der Waals surface area contributed by atoms with Crippen LogP contribution in [0.4, 0.5) is 0 Å². The Morgan fingerprint density at radius 2 is 1.52 bits per heavy atom. The highest BCUT2D eigenvalue weighted by atomic mass is 16.5. The van der Waals surface area contributed by atoms with E-state index in [1.54, 1.807) is 0 Å². The molecular formula is C24H24O. The molecule has 1 unspecified atom stereocenters. The number of hydrogen-bond acceptors (Lipinski definition) is 1. The van der Waals surface area contributed by atoms with Crippen molar-refractivity contribution in [3.05, 3.63) is 88.7 Å². The van der Waals surface area contributed by atoms with E-state index in [-0.39, 0.29) is 5.60 Å². The predicted octanol–water partition coefficient (Wildman–Crippen LogP) is 6.44. The van der Waals surface area contributed by atoms with Crippen LogP contribution in [-0.4, -0.2) is 0 Å². The number of fused-ring (bicyclic) bond motifs is 1. The predicted molar refractivity (Wildman–Crippen MR) is 106 cm³/mol. The van der Waals surface area contributed by atoms with Gasteiger partial charge >= 0.3 is 0 Å². The first kappa shape index (κ1) is 16.0. The van der Waals surface area contributed by atoms with Gasteiger partial charge in [-0.15, -0.1) is 0 Å². The molecule has 0 amide bonds.